The monoisotopic (exact) mass is 411 g/mol. The van der Waals surface area contributed by atoms with Crippen LogP contribution >= 0.6 is 0 Å². The average Bonchev–Trinajstić information content (AvgIpc) is 2.96. The smallest absolute Gasteiger partial charge is 0.339 e. The lowest BCUT2D eigenvalue weighted by atomic mass is 10.1. The van der Waals surface area contributed by atoms with Crippen LogP contribution in [0.25, 0.3) is 0 Å². The fourth-order valence-electron chi connectivity index (χ4n) is 3.05. The van der Waals surface area contributed by atoms with E-state index < -0.39 is 48.4 Å². The molecule has 0 radical (unpaired) electrons. The van der Waals surface area contributed by atoms with Crippen LogP contribution in [0.3, 0.4) is 0 Å². The van der Waals surface area contributed by atoms with E-state index in [1.807, 2.05) is 0 Å². The summed E-state index contributed by atoms with van der Waals surface area (Å²) >= 11 is 0. The highest BCUT2D eigenvalue weighted by atomic mass is 16.7. The van der Waals surface area contributed by atoms with Crippen molar-refractivity contribution < 1.29 is 42.9 Å². The van der Waals surface area contributed by atoms with Gasteiger partial charge in [0.15, 0.2) is 18.4 Å². The van der Waals surface area contributed by atoms with Gasteiger partial charge in [-0.25, -0.2) is 4.79 Å². The zero-order chi connectivity index (χ0) is 21.6. The summed E-state index contributed by atoms with van der Waals surface area (Å²) in [6.07, 6.45) is 1.14. The minimum Gasteiger partial charge on any atom is -0.463 e. The van der Waals surface area contributed by atoms with Crippen molar-refractivity contribution in [2.75, 3.05) is 19.8 Å². The lowest BCUT2D eigenvalue weighted by Crippen LogP contribution is -2.46. The second-order valence-corrected chi connectivity index (χ2v) is 6.42. The predicted octanol–water partition coefficient (Wildman–Crippen LogP) is 0.457. The Bertz CT molecular complexity index is 714. The maximum Gasteiger partial charge on any atom is 0.339 e. The molecule has 2 aliphatic rings. The molecular weight excluding hydrogens is 386 g/mol. The summed E-state index contributed by atoms with van der Waals surface area (Å²) in [6.45, 7) is 5.74. The van der Waals surface area contributed by atoms with Gasteiger partial charge in [-0.15, -0.1) is 0 Å². The Hall–Kier alpha value is -2.88. The molecule has 0 aliphatic carbocycles. The van der Waals surface area contributed by atoms with Crippen molar-refractivity contribution >= 4 is 23.9 Å². The van der Waals surface area contributed by atoms with Gasteiger partial charge < -0.3 is 28.6 Å². The Morgan fingerprint density at radius 1 is 1.03 bits per heavy atom. The van der Waals surface area contributed by atoms with E-state index >= 15 is 0 Å². The number of nitrogens with zero attached hydrogens (tertiary/aromatic N) is 1. The molecule has 0 bridgehead atoms. The molecule has 0 saturated carbocycles. The minimum atomic E-state index is -0.997. The fourth-order valence-corrected chi connectivity index (χ4v) is 3.05. The molecule has 2 aliphatic heterocycles. The Morgan fingerprint density at radius 2 is 1.69 bits per heavy atom. The van der Waals surface area contributed by atoms with Crippen LogP contribution in [0.1, 0.15) is 27.7 Å². The number of hydrogen-bond donors (Lipinski definition) is 0. The van der Waals surface area contributed by atoms with Gasteiger partial charge in [-0.2, -0.15) is 0 Å². The molecule has 4 unspecified atom stereocenters. The summed E-state index contributed by atoms with van der Waals surface area (Å²) in [5, 5.41) is 0. The maximum atomic E-state index is 12.0. The van der Waals surface area contributed by atoms with Gasteiger partial charge in [0.05, 0.1) is 12.2 Å². The Morgan fingerprint density at radius 3 is 2.28 bits per heavy atom. The largest absolute Gasteiger partial charge is 0.463 e. The van der Waals surface area contributed by atoms with Gasteiger partial charge in [0, 0.05) is 33.5 Å². The topological polar surface area (TPSA) is 118 Å². The van der Waals surface area contributed by atoms with Crippen molar-refractivity contribution in [3.05, 3.63) is 23.9 Å². The van der Waals surface area contributed by atoms with Crippen LogP contribution < -0.4 is 0 Å². The molecule has 29 heavy (non-hydrogen) atoms. The van der Waals surface area contributed by atoms with Crippen LogP contribution in [-0.2, 0) is 42.9 Å². The van der Waals surface area contributed by atoms with E-state index in [1.165, 1.54) is 27.0 Å². The van der Waals surface area contributed by atoms with E-state index in [0.29, 0.717) is 6.54 Å². The third-order valence-electron chi connectivity index (χ3n) is 4.10. The van der Waals surface area contributed by atoms with Crippen LogP contribution in [0.4, 0.5) is 0 Å². The number of ether oxygens (including phenoxy) is 5. The summed E-state index contributed by atoms with van der Waals surface area (Å²) in [5.74, 6) is -2.25. The molecule has 0 aromatic heterocycles. The fraction of sp³-hybridized carbons (Fsp3) is 0.579. The quantitative estimate of drug-likeness (QED) is 0.432. The minimum absolute atomic E-state index is 0.195. The van der Waals surface area contributed by atoms with Crippen molar-refractivity contribution in [2.24, 2.45) is 0 Å². The zero-order valence-corrected chi connectivity index (χ0v) is 16.8. The summed E-state index contributed by atoms with van der Waals surface area (Å²) in [7, 11) is 0. The van der Waals surface area contributed by atoms with Crippen molar-refractivity contribution in [1.29, 1.82) is 0 Å². The highest BCUT2D eigenvalue weighted by molar-refractivity contribution is 5.91. The summed E-state index contributed by atoms with van der Waals surface area (Å²) in [4.78, 5) is 48.1. The SMILES string of the molecule is CCOC(=O)C1=CN(C2OC(COC(C)=O)C(OC(C)=O)C2OC(C)=O)CC=C1. The van der Waals surface area contributed by atoms with Crippen molar-refractivity contribution in [3.8, 4) is 0 Å². The molecule has 1 fully saturated rings. The number of esters is 4. The molecule has 2 heterocycles. The van der Waals surface area contributed by atoms with Gasteiger partial charge in [0.2, 0.25) is 0 Å². The van der Waals surface area contributed by atoms with E-state index in [9.17, 15) is 19.2 Å². The van der Waals surface area contributed by atoms with Crippen LogP contribution in [0.15, 0.2) is 23.9 Å². The first kappa shape index (κ1) is 22.4. The maximum absolute atomic E-state index is 12.0. The van der Waals surface area contributed by atoms with Gasteiger partial charge in [0.25, 0.3) is 0 Å². The number of rotatable bonds is 7. The Balaban J connectivity index is 2.30. The molecule has 10 heteroatoms. The molecule has 10 nitrogen and oxygen atoms in total. The highest BCUT2D eigenvalue weighted by Crippen LogP contribution is 2.31. The molecule has 2 rings (SSSR count). The molecule has 0 aromatic carbocycles. The Kier molecular flexibility index (Phi) is 7.77. The van der Waals surface area contributed by atoms with E-state index in [2.05, 4.69) is 0 Å². The highest BCUT2D eigenvalue weighted by Gasteiger charge is 2.51. The number of carbonyl (C=O) groups excluding carboxylic acids is 4. The number of carbonyl (C=O) groups is 4. The lowest BCUT2D eigenvalue weighted by molar-refractivity contribution is -0.167. The molecule has 0 amide bonds. The lowest BCUT2D eigenvalue weighted by Gasteiger charge is -2.32. The van der Waals surface area contributed by atoms with Crippen LogP contribution in [0, 0.1) is 0 Å². The second kappa shape index (κ2) is 10.1. The standard InChI is InChI=1S/C19H25NO9/c1-5-25-19(24)14-7-6-8-20(9-14)18-17(28-13(4)23)16(27-12(3)22)15(29-18)10-26-11(2)21/h6-7,9,15-18H,5,8,10H2,1-4H3. The van der Waals surface area contributed by atoms with Gasteiger partial charge in [0.1, 0.15) is 12.7 Å². The molecule has 0 aromatic rings. The summed E-state index contributed by atoms with van der Waals surface area (Å²) in [5.41, 5.74) is 0.288. The van der Waals surface area contributed by atoms with Crippen molar-refractivity contribution in [2.45, 2.75) is 52.2 Å². The van der Waals surface area contributed by atoms with E-state index in [0.717, 1.165) is 0 Å². The number of hydrogen-bond acceptors (Lipinski definition) is 10. The molecule has 0 spiro atoms. The third-order valence-corrected chi connectivity index (χ3v) is 4.10. The van der Waals surface area contributed by atoms with Gasteiger partial charge in [-0.3, -0.25) is 14.4 Å². The van der Waals surface area contributed by atoms with Crippen molar-refractivity contribution in [1.82, 2.24) is 4.90 Å². The molecule has 0 N–H and O–H groups in total. The molecule has 4 atom stereocenters. The first-order valence-corrected chi connectivity index (χ1v) is 9.17. The zero-order valence-electron chi connectivity index (χ0n) is 16.8. The first-order valence-electron chi connectivity index (χ1n) is 9.17. The predicted molar refractivity (Wildman–Crippen MR) is 97.0 cm³/mol. The van der Waals surface area contributed by atoms with Crippen LogP contribution in [0.2, 0.25) is 0 Å². The molecule has 1 saturated heterocycles. The third kappa shape index (κ3) is 6.05. The summed E-state index contributed by atoms with van der Waals surface area (Å²) in [6, 6.07) is 0. The second-order valence-electron chi connectivity index (χ2n) is 6.42. The van der Waals surface area contributed by atoms with Gasteiger partial charge in [-0.1, -0.05) is 6.08 Å². The van der Waals surface area contributed by atoms with E-state index in [1.54, 1.807) is 24.0 Å². The van der Waals surface area contributed by atoms with Crippen LogP contribution in [-0.4, -0.2) is 73.1 Å². The normalized spacial score (nSPS) is 25.8. The Labute approximate surface area is 168 Å². The average molecular weight is 411 g/mol. The molecule has 160 valence electrons. The van der Waals surface area contributed by atoms with Gasteiger partial charge in [-0.05, 0) is 13.0 Å². The van der Waals surface area contributed by atoms with Crippen molar-refractivity contribution in [3.63, 3.8) is 0 Å². The molecular formula is C19H25NO9. The van der Waals surface area contributed by atoms with E-state index in [-0.39, 0.29) is 18.8 Å². The van der Waals surface area contributed by atoms with Crippen LogP contribution in [0.5, 0.6) is 0 Å². The van der Waals surface area contributed by atoms with E-state index in [4.69, 9.17) is 23.7 Å². The summed E-state index contributed by atoms with van der Waals surface area (Å²) < 4.78 is 26.6. The first-order chi connectivity index (χ1) is 13.7. The van der Waals surface area contributed by atoms with Gasteiger partial charge >= 0.3 is 23.9 Å².